The average Bonchev–Trinajstić information content (AvgIpc) is 2.98. The van der Waals surface area contributed by atoms with Crippen LogP contribution in [0.3, 0.4) is 0 Å². The quantitative estimate of drug-likeness (QED) is 0.835. The Morgan fingerprint density at radius 1 is 1.21 bits per heavy atom. The van der Waals surface area contributed by atoms with Crippen molar-refractivity contribution in [3.63, 3.8) is 0 Å². The van der Waals surface area contributed by atoms with Gasteiger partial charge in [0.1, 0.15) is 11.9 Å². The predicted octanol–water partition coefficient (Wildman–Crippen LogP) is 3.23. The summed E-state index contributed by atoms with van der Waals surface area (Å²) in [4.78, 5) is 12.0. The zero-order valence-corrected chi connectivity index (χ0v) is 10.7. The molecule has 0 bridgehead atoms. The molecular weight excluding hydrogens is 240 g/mol. The smallest absolute Gasteiger partial charge is 0.161 e. The van der Waals surface area contributed by atoms with E-state index >= 15 is 0 Å². The van der Waals surface area contributed by atoms with Gasteiger partial charge >= 0.3 is 0 Å². The lowest BCUT2D eigenvalue weighted by Gasteiger charge is -2.13. The van der Waals surface area contributed by atoms with Crippen molar-refractivity contribution in [3.8, 4) is 0 Å². The summed E-state index contributed by atoms with van der Waals surface area (Å²) in [7, 11) is 0. The molecule has 0 saturated heterocycles. The van der Waals surface area contributed by atoms with Crippen molar-refractivity contribution in [3.05, 3.63) is 66.1 Å². The molecule has 0 aliphatic heterocycles. The summed E-state index contributed by atoms with van der Waals surface area (Å²) in [6.07, 6.45) is 3.80. The number of furan rings is 1. The molecule has 19 heavy (non-hydrogen) atoms. The highest BCUT2D eigenvalue weighted by Crippen LogP contribution is 2.23. The van der Waals surface area contributed by atoms with Gasteiger partial charge in [-0.2, -0.15) is 0 Å². The van der Waals surface area contributed by atoms with E-state index in [0.717, 1.165) is 5.56 Å². The molecular formula is C16H16O3. The van der Waals surface area contributed by atoms with E-state index in [9.17, 15) is 9.90 Å². The zero-order chi connectivity index (χ0) is 13.7. The summed E-state index contributed by atoms with van der Waals surface area (Å²) >= 11 is 0. The van der Waals surface area contributed by atoms with Crippen LogP contribution < -0.4 is 0 Å². The first-order valence-electron chi connectivity index (χ1n) is 6.17. The van der Waals surface area contributed by atoms with Crippen molar-refractivity contribution in [2.24, 2.45) is 5.92 Å². The topological polar surface area (TPSA) is 50.4 Å². The second kappa shape index (κ2) is 6.16. The van der Waals surface area contributed by atoms with Crippen LogP contribution in [0.5, 0.6) is 0 Å². The first kappa shape index (κ1) is 13.3. The second-order valence-electron chi connectivity index (χ2n) is 4.40. The number of carbonyl (C=O) groups excluding carboxylic acids is 1. The molecule has 0 amide bonds. The summed E-state index contributed by atoms with van der Waals surface area (Å²) < 4.78 is 5.10. The summed E-state index contributed by atoms with van der Waals surface area (Å²) in [5.74, 6) is -0.257. The van der Waals surface area contributed by atoms with Crippen LogP contribution >= 0.6 is 0 Å². The van der Waals surface area contributed by atoms with Crippen LogP contribution in [-0.4, -0.2) is 10.9 Å². The Bertz CT molecular complexity index is 541. The number of hydrogen-bond acceptors (Lipinski definition) is 3. The molecule has 3 nitrogen and oxygen atoms in total. The van der Waals surface area contributed by atoms with E-state index in [-0.39, 0.29) is 5.78 Å². The van der Waals surface area contributed by atoms with E-state index in [1.54, 1.807) is 25.1 Å². The number of ketones is 1. The van der Waals surface area contributed by atoms with Crippen LogP contribution in [0.25, 0.3) is 6.08 Å². The maximum absolute atomic E-state index is 12.0. The number of benzene rings is 1. The standard InChI is InChI=1S/C16H16O3/c1-12(16(18)15-8-5-11-19-15)14(17)10-9-13-6-3-2-4-7-13/h2-12,16,18H,1H3/b10-9+. The van der Waals surface area contributed by atoms with E-state index in [2.05, 4.69) is 0 Å². The number of carbonyl (C=O) groups is 1. The number of aliphatic hydroxyl groups excluding tert-OH is 1. The van der Waals surface area contributed by atoms with Crippen LogP contribution in [0.15, 0.2) is 59.2 Å². The van der Waals surface area contributed by atoms with Gasteiger partial charge < -0.3 is 9.52 Å². The van der Waals surface area contributed by atoms with Gasteiger partial charge in [0.05, 0.1) is 12.2 Å². The van der Waals surface area contributed by atoms with E-state index < -0.39 is 12.0 Å². The molecule has 2 aromatic rings. The SMILES string of the molecule is CC(C(=O)/C=C/c1ccccc1)C(O)c1ccco1. The lowest BCUT2D eigenvalue weighted by atomic mass is 9.97. The summed E-state index contributed by atoms with van der Waals surface area (Å²) in [6.45, 7) is 1.69. The Kier molecular flexibility index (Phi) is 4.31. The fraction of sp³-hybridized carbons (Fsp3) is 0.188. The van der Waals surface area contributed by atoms with E-state index in [0.29, 0.717) is 5.76 Å². The lowest BCUT2D eigenvalue weighted by molar-refractivity contribution is -0.121. The number of rotatable bonds is 5. The van der Waals surface area contributed by atoms with Gasteiger partial charge in [0, 0.05) is 0 Å². The van der Waals surface area contributed by atoms with Crippen molar-refractivity contribution < 1.29 is 14.3 Å². The fourth-order valence-corrected chi connectivity index (χ4v) is 1.76. The summed E-state index contributed by atoms with van der Waals surface area (Å²) in [5.41, 5.74) is 0.954. The summed E-state index contributed by atoms with van der Waals surface area (Å²) in [6, 6.07) is 12.9. The van der Waals surface area contributed by atoms with Crippen LogP contribution in [0.1, 0.15) is 24.4 Å². The molecule has 2 atom stereocenters. The highest BCUT2D eigenvalue weighted by molar-refractivity contribution is 5.95. The Labute approximate surface area is 112 Å². The highest BCUT2D eigenvalue weighted by Gasteiger charge is 2.23. The monoisotopic (exact) mass is 256 g/mol. The molecule has 3 heteroatoms. The first-order chi connectivity index (χ1) is 9.18. The molecule has 2 unspecified atom stereocenters. The molecule has 98 valence electrons. The molecule has 2 rings (SSSR count). The molecule has 1 aromatic heterocycles. The number of allylic oxidation sites excluding steroid dienone is 1. The third kappa shape index (κ3) is 3.42. The Morgan fingerprint density at radius 3 is 2.58 bits per heavy atom. The molecule has 0 aliphatic rings. The molecule has 0 spiro atoms. The van der Waals surface area contributed by atoms with Gasteiger partial charge in [0.2, 0.25) is 0 Å². The minimum Gasteiger partial charge on any atom is -0.467 e. The molecule has 0 radical (unpaired) electrons. The Balaban J connectivity index is 2.02. The van der Waals surface area contributed by atoms with Gasteiger partial charge in [-0.05, 0) is 23.8 Å². The van der Waals surface area contributed by atoms with Gasteiger partial charge in [0.15, 0.2) is 5.78 Å². The number of aliphatic hydroxyl groups is 1. The average molecular weight is 256 g/mol. The second-order valence-corrected chi connectivity index (χ2v) is 4.40. The minimum atomic E-state index is -0.914. The van der Waals surface area contributed by atoms with Crippen LogP contribution in [-0.2, 0) is 4.79 Å². The minimum absolute atomic E-state index is 0.132. The van der Waals surface area contributed by atoms with Gasteiger partial charge in [-0.3, -0.25) is 4.79 Å². The number of hydrogen-bond donors (Lipinski definition) is 1. The first-order valence-corrected chi connectivity index (χ1v) is 6.17. The van der Waals surface area contributed by atoms with Crippen LogP contribution in [0.4, 0.5) is 0 Å². The Morgan fingerprint density at radius 2 is 1.95 bits per heavy atom. The van der Waals surface area contributed by atoms with Gasteiger partial charge in [-0.25, -0.2) is 0 Å². The van der Waals surface area contributed by atoms with Crippen LogP contribution in [0.2, 0.25) is 0 Å². The van der Waals surface area contributed by atoms with Crippen molar-refractivity contribution in [2.75, 3.05) is 0 Å². The van der Waals surface area contributed by atoms with Crippen molar-refractivity contribution in [1.29, 1.82) is 0 Å². The zero-order valence-electron chi connectivity index (χ0n) is 10.7. The van der Waals surface area contributed by atoms with Crippen molar-refractivity contribution in [2.45, 2.75) is 13.0 Å². The normalized spacial score (nSPS) is 14.4. The summed E-state index contributed by atoms with van der Waals surface area (Å²) in [5, 5.41) is 10.00. The Hall–Kier alpha value is -2.13. The van der Waals surface area contributed by atoms with E-state index in [4.69, 9.17) is 4.42 Å². The molecule has 0 fully saturated rings. The predicted molar refractivity (Wildman–Crippen MR) is 73.3 cm³/mol. The maximum atomic E-state index is 12.0. The molecule has 1 aromatic carbocycles. The largest absolute Gasteiger partial charge is 0.467 e. The van der Waals surface area contributed by atoms with Gasteiger partial charge in [0.25, 0.3) is 0 Å². The van der Waals surface area contributed by atoms with Crippen molar-refractivity contribution >= 4 is 11.9 Å². The maximum Gasteiger partial charge on any atom is 0.161 e. The third-order valence-corrected chi connectivity index (χ3v) is 3.00. The molecule has 0 saturated carbocycles. The van der Waals surface area contributed by atoms with Crippen LogP contribution in [0, 0.1) is 5.92 Å². The van der Waals surface area contributed by atoms with E-state index in [1.807, 2.05) is 30.3 Å². The fourth-order valence-electron chi connectivity index (χ4n) is 1.76. The van der Waals surface area contributed by atoms with Gasteiger partial charge in [-0.1, -0.05) is 43.3 Å². The molecule has 1 heterocycles. The molecule has 1 N–H and O–H groups in total. The third-order valence-electron chi connectivity index (χ3n) is 3.00. The van der Waals surface area contributed by atoms with Gasteiger partial charge in [-0.15, -0.1) is 0 Å². The lowest BCUT2D eigenvalue weighted by Crippen LogP contribution is -2.17. The van der Waals surface area contributed by atoms with E-state index in [1.165, 1.54) is 12.3 Å². The van der Waals surface area contributed by atoms with Crippen molar-refractivity contribution in [1.82, 2.24) is 0 Å². The highest BCUT2D eigenvalue weighted by atomic mass is 16.4. The molecule has 0 aliphatic carbocycles.